The van der Waals surface area contributed by atoms with Gasteiger partial charge in [-0.2, -0.15) is 0 Å². The van der Waals surface area contributed by atoms with Crippen LogP contribution in [0.5, 0.6) is 0 Å². The predicted molar refractivity (Wildman–Crippen MR) is 88.3 cm³/mol. The molecule has 0 aromatic carbocycles. The number of anilines is 1. The van der Waals surface area contributed by atoms with E-state index < -0.39 is 0 Å². The van der Waals surface area contributed by atoms with Gasteiger partial charge in [-0.25, -0.2) is 0 Å². The summed E-state index contributed by atoms with van der Waals surface area (Å²) in [5.74, 6) is 0.721. The van der Waals surface area contributed by atoms with E-state index in [0.29, 0.717) is 5.69 Å². The van der Waals surface area contributed by atoms with E-state index in [1.165, 1.54) is 0 Å². The molecule has 118 valence electrons. The van der Waals surface area contributed by atoms with Crippen molar-refractivity contribution in [1.29, 1.82) is 0 Å². The lowest BCUT2D eigenvalue weighted by molar-refractivity contribution is 0.393. The van der Waals surface area contributed by atoms with E-state index in [4.69, 9.17) is 4.52 Å². The number of rotatable bonds is 4. The second kappa shape index (κ2) is 6.08. The van der Waals surface area contributed by atoms with Gasteiger partial charge >= 0.3 is 0 Å². The number of hydrogen-bond acceptors (Lipinski definition) is 5. The number of aromatic nitrogens is 3. The summed E-state index contributed by atoms with van der Waals surface area (Å²) in [4.78, 5) is 19.2. The molecular formula is C17H18N4O2. The van der Waals surface area contributed by atoms with E-state index in [0.717, 1.165) is 28.3 Å². The van der Waals surface area contributed by atoms with E-state index in [1.54, 1.807) is 12.4 Å². The Morgan fingerprint density at radius 1 is 1.30 bits per heavy atom. The standard InChI is InChI=1S/C17H18N4O2/c1-10(14-6-4-5-7-18-14)20-15-8-13(9-19-17(15)22)16-11(2)21-23-12(16)3/h4-10,20H,1-3H3,(H,19,22). The summed E-state index contributed by atoms with van der Waals surface area (Å²) in [5, 5.41) is 7.17. The molecule has 0 amide bonds. The Hall–Kier alpha value is -2.89. The predicted octanol–water partition coefficient (Wildman–Crippen LogP) is 3.21. The van der Waals surface area contributed by atoms with Gasteiger partial charge in [0.15, 0.2) is 0 Å². The first kappa shape index (κ1) is 15.0. The zero-order valence-corrected chi connectivity index (χ0v) is 13.3. The quantitative estimate of drug-likeness (QED) is 0.773. The zero-order chi connectivity index (χ0) is 16.4. The molecular weight excluding hydrogens is 292 g/mol. The molecule has 3 aromatic rings. The summed E-state index contributed by atoms with van der Waals surface area (Å²) >= 11 is 0. The third kappa shape index (κ3) is 3.01. The molecule has 6 nitrogen and oxygen atoms in total. The summed E-state index contributed by atoms with van der Waals surface area (Å²) in [5.41, 5.74) is 3.73. The Labute approximate surface area is 133 Å². The van der Waals surface area contributed by atoms with Crippen molar-refractivity contribution in [3.05, 3.63) is 64.2 Å². The molecule has 1 unspecified atom stereocenters. The van der Waals surface area contributed by atoms with Gasteiger partial charge in [0, 0.05) is 23.5 Å². The van der Waals surface area contributed by atoms with Gasteiger partial charge in [-0.3, -0.25) is 9.78 Å². The second-order valence-corrected chi connectivity index (χ2v) is 5.45. The van der Waals surface area contributed by atoms with E-state index in [-0.39, 0.29) is 11.6 Å². The van der Waals surface area contributed by atoms with E-state index in [2.05, 4.69) is 20.4 Å². The molecule has 0 fully saturated rings. The van der Waals surface area contributed by atoms with Gasteiger partial charge in [-0.1, -0.05) is 11.2 Å². The van der Waals surface area contributed by atoms with Crippen LogP contribution in [0.25, 0.3) is 11.1 Å². The van der Waals surface area contributed by atoms with Crippen molar-refractivity contribution >= 4 is 5.69 Å². The van der Waals surface area contributed by atoms with Crippen LogP contribution < -0.4 is 10.9 Å². The topological polar surface area (TPSA) is 83.8 Å². The molecule has 1 atom stereocenters. The fraction of sp³-hybridized carbons (Fsp3) is 0.235. The summed E-state index contributed by atoms with van der Waals surface area (Å²) in [6.45, 7) is 5.69. The summed E-state index contributed by atoms with van der Waals surface area (Å²) in [6, 6.07) is 7.43. The highest BCUT2D eigenvalue weighted by molar-refractivity contribution is 5.70. The smallest absolute Gasteiger partial charge is 0.271 e. The van der Waals surface area contributed by atoms with Crippen molar-refractivity contribution in [1.82, 2.24) is 15.1 Å². The molecule has 0 aliphatic rings. The molecule has 0 spiro atoms. The lowest BCUT2D eigenvalue weighted by atomic mass is 10.1. The van der Waals surface area contributed by atoms with Crippen LogP contribution in [-0.4, -0.2) is 15.1 Å². The van der Waals surface area contributed by atoms with Crippen molar-refractivity contribution in [3.8, 4) is 11.1 Å². The third-order valence-corrected chi connectivity index (χ3v) is 3.73. The molecule has 3 heterocycles. The van der Waals surface area contributed by atoms with Crippen LogP contribution in [0.3, 0.4) is 0 Å². The maximum atomic E-state index is 12.1. The fourth-order valence-corrected chi connectivity index (χ4v) is 2.57. The average molecular weight is 310 g/mol. The molecule has 0 saturated heterocycles. The molecule has 0 bridgehead atoms. The largest absolute Gasteiger partial charge is 0.372 e. The lowest BCUT2D eigenvalue weighted by Crippen LogP contribution is -2.17. The van der Waals surface area contributed by atoms with Crippen LogP contribution in [0.2, 0.25) is 0 Å². The van der Waals surface area contributed by atoms with Crippen molar-refractivity contribution < 1.29 is 4.52 Å². The van der Waals surface area contributed by atoms with Crippen molar-refractivity contribution in [2.24, 2.45) is 0 Å². The highest BCUT2D eigenvalue weighted by Gasteiger charge is 2.14. The monoisotopic (exact) mass is 310 g/mol. The summed E-state index contributed by atoms with van der Waals surface area (Å²) in [6.07, 6.45) is 3.41. The molecule has 0 radical (unpaired) electrons. The summed E-state index contributed by atoms with van der Waals surface area (Å²) < 4.78 is 5.20. The number of hydrogen-bond donors (Lipinski definition) is 2. The third-order valence-electron chi connectivity index (χ3n) is 3.73. The van der Waals surface area contributed by atoms with E-state index in [9.17, 15) is 4.79 Å². The summed E-state index contributed by atoms with van der Waals surface area (Å²) in [7, 11) is 0. The Morgan fingerprint density at radius 3 is 2.78 bits per heavy atom. The first-order chi connectivity index (χ1) is 11.1. The first-order valence-corrected chi connectivity index (χ1v) is 7.39. The van der Waals surface area contributed by atoms with E-state index in [1.807, 2.05) is 45.0 Å². The molecule has 23 heavy (non-hydrogen) atoms. The number of nitrogens with zero attached hydrogens (tertiary/aromatic N) is 2. The van der Waals surface area contributed by atoms with Gasteiger partial charge < -0.3 is 14.8 Å². The van der Waals surface area contributed by atoms with E-state index >= 15 is 0 Å². The molecule has 0 saturated carbocycles. The normalized spacial score (nSPS) is 12.1. The van der Waals surface area contributed by atoms with Crippen LogP contribution in [0.1, 0.15) is 30.1 Å². The van der Waals surface area contributed by atoms with Crippen LogP contribution in [0.15, 0.2) is 46.0 Å². The maximum absolute atomic E-state index is 12.1. The number of pyridine rings is 2. The van der Waals surface area contributed by atoms with Crippen LogP contribution in [0, 0.1) is 13.8 Å². The van der Waals surface area contributed by atoms with Gasteiger partial charge in [-0.15, -0.1) is 0 Å². The minimum absolute atomic E-state index is 0.0859. The fourth-order valence-electron chi connectivity index (χ4n) is 2.57. The lowest BCUT2D eigenvalue weighted by Gasteiger charge is -2.14. The molecule has 6 heteroatoms. The van der Waals surface area contributed by atoms with Crippen molar-refractivity contribution in [2.75, 3.05) is 5.32 Å². The molecule has 0 aliphatic heterocycles. The Bertz CT molecular complexity index is 848. The molecule has 3 aromatic heterocycles. The average Bonchev–Trinajstić information content (AvgIpc) is 2.89. The molecule has 3 rings (SSSR count). The van der Waals surface area contributed by atoms with Crippen LogP contribution in [-0.2, 0) is 0 Å². The van der Waals surface area contributed by atoms with Crippen molar-refractivity contribution in [2.45, 2.75) is 26.8 Å². The first-order valence-electron chi connectivity index (χ1n) is 7.39. The second-order valence-electron chi connectivity index (χ2n) is 5.45. The Kier molecular flexibility index (Phi) is 3.97. The minimum atomic E-state index is -0.178. The number of aryl methyl sites for hydroxylation is 2. The molecule has 0 aliphatic carbocycles. The van der Waals surface area contributed by atoms with Crippen LogP contribution >= 0.6 is 0 Å². The Morgan fingerprint density at radius 2 is 2.13 bits per heavy atom. The Balaban J connectivity index is 1.94. The zero-order valence-electron chi connectivity index (χ0n) is 13.3. The SMILES string of the molecule is Cc1noc(C)c1-c1c[nH]c(=O)c(NC(C)c2ccccn2)c1. The van der Waals surface area contributed by atoms with Gasteiger partial charge in [0.05, 0.1) is 17.4 Å². The highest BCUT2D eigenvalue weighted by atomic mass is 16.5. The number of H-pyrrole nitrogens is 1. The van der Waals surface area contributed by atoms with Crippen LogP contribution in [0.4, 0.5) is 5.69 Å². The van der Waals surface area contributed by atoms with Gasteiger partial charge in [-0.05, 0) is 39.0 Å². The number of aromatic amines is 1. The van der Waals surface area contributed by atoms with Gasteiger partial charge in [0.25, 0.3) is 5.56 Å². The minimum Gasteiger partial charge on any atom is -0.372 e. The van der Waals surface area contributed by atoms with Gasteiger partial charge in [0.2, 0.25) is 0 Å². The number of nitrogens with one attached hydrogen (secondary N) is 2. The molecule has 2 N–H and O–H groups in total. The van der Waals surface area contributed by atoms with Gasteiger partial charge in [0.1, 0.15) is 11.4 Å². The van der Waals surface area contributed by atoms with Crippen molar-refractivity contribution in [3.63, 3.8) is 0 Å². The maximum Gasteiger partial charge on any atom is 0.271 e. The highest BCUT2D eigenvalue weighted by Crippen LogP contribution is 2.27.